The average Bonchev–Trinajstić information content (AvgIpc) is 3.78. The molecule has 0 spiro atoms. The quantitative estimate of drug-likeness (QED) is 0.161. The fourth-order valence-electron chi connectivity index (χ4n) is 9.46. The molecule has 0 unspecified atom stereocenters. The van der Waals surface area contributed by atoms with Crippen LogP contribution in [0.1, 0.15) is 0 Å². The van der Waals surface area contributed by atoms with E-state index >= 15 is 0 Å². The van der Waals surface area contributed by atoms with Gasteiger partial charge in [0.15, 0.2) is 0 Å². The minimum atomic E-state index is 1.15. The third kappa shape index (κ3) is 4.50. The molecule has 0 N–H and O–H groups in total. The SMILES string of the molecule is c1ccc(-c2c3cc(-n4c5ccccc5c5ccccc54)ccc3c(-c3ccc4ccccc4c3)c3ccc(-n4c5ccccc5c5ccccc54)cc23)cc1. The number of benzene rings is 10. The minimum absolute atomic E-state index is 1.15. The Morgan fingerprint density at radius 2 is 0.643 bits per heavy atom. The number of nitrogens with zero attached hydrogens (tertiary/aromatic N) is 2. The van der Waals surface area contributed by atoms with E-state index in [1.807, 2.05) is 0 Å². The van der Waals surface area contributed by atoms with Crippen LogP contribution in [0.25, 0.3) is 110 Å². The first-order chi connectivity index (χ1) is 27.8. The smallest absolute Gasteiger partial charge is 0.0541 e. The van der Waals surface area contributed by atoms with E-state index in [9.17, 15) is 0 Å². The highest BCUT2D eigenvalue weighted by Crippen LogP contribution is 2.46. The Balaban J connectivity index is 1.25. The molecule has 56 heavy (non-hydrogen) atoms. The first-order valence-electron chi connectivity index (χ1n) is 19.4. The van der Waals surface area contributed by atoms with Crippen molar-refractivity contribution >= 4 is 75.9 Å². The van der Waals surface area contributed by atoms with Crippen LogP contribution in [0.5, 0.6) is 0 Å². The van der Waals surface area contributed by atoms with Crippen molar-refractivity contribution in [1.82, 2.24) is 9.13 Å². The summed E-state index contributed by atoms with van der Waals surface area (Å²) in [5, 5.41) is 12.5. The van der Waals surface area contributed by atoms with Crippen molar-refractivity contribution in [2.75, 3.05) is 0 Å². The number of hydrogen-bond donors (Lipinski definition) is 0. The van der Waals surface area contributed by atoms with Crippen molar-refractivity contribution in [2.24, 2.45) is 0 Å². The molecule has 12 aromatic rings. The van der Waals surface area contributed by atoms with Crippen molar-refractivity contribution < 1.29 is 0 Å². The Labute approximate surface area is 323 Å². The van der Waals surface area contributed by atoms with Crippen LogP contribution >= 0.6 is 0 Å². The van der Waals surface area contributed by atoms with Gasteiger partial charge in [0.05, 0.1) is 22.1 Å². The van der Waals surface area contributed by atoms with Crippen molar-refractivity contribution in [3.8, 4) is 33.6 Å². The summed E-state index contributed by atoms with van der Waals surface area (Å²) in [6.07, 6.45) is 0. The molecule has 0 saturated carbocycles. The molecule has 0 bridgehead atoms. The summed E-state index contributed by atoms with van der Waals surface area (Å²) in [5.74, 6) is 0. The monoisotopic (exact) mass is 710 g/mol. The lowest BCUT2D eigenvalue weighted by Crippen LogP contribution is -1.98. The normalized spacial score (nSPS) is 11.9. The van der Waals surface area contributed by atoms with E-state index in [1.54, 1.807) is 0 Å². The lowest BCUT2D eigenvalue weighted by Gasteiger charge is -2.21. The predicted octanol–water partition coefficient (Wildman–Crippen LogP) is 14.7. The number of aromatic nitrogens is 2. The second-order valence-corrected chi connectivity index (χ2v) is 14.9. The summed E-state index contributed by atoms with van der Waals surface area (Å²) in [6.45, 7) is 0. The Morgan fingerprint density at radius 1 is 0.232 bits per heavy atom. The zero-order valence-electron chi connectivity index (χ0n) is 30.5. The molecule has 2 nitrogen and oxygen atoms in total. The molecular formula is C54H34N2. The van der Waals surface area contributed by atoms with E-state index in [4.69, 9.17) is 0 Å². The highest BCUT2D eigenvalue weighted by atomic mass is 15.0. The summed E-state index contributed by atoms with van der Waals surface area (Å²) in [6, 6.07) is 76.0. The Kier molecular flexibility index (Phi) is 6.66. The minimum Gasteiger partial charge on any atom is -0.309 e. The van der Waals surface area contributed by atoms with Crippen LogP contribution in [0.3, 0.4) is 0 Å². The Morgan fingerprint density at radius 3 is 1.14 bits per heavy atom. The molecule has 2 aromatic heterocycles. The lowest BCUT2D eigenvalue weighted by atomic mass is 9.85. The molecule has 260 valence electrons. The number of fused-ring (bicyclic) bond motifs is 9. The van der Waals surface area contributed by atoms with Crippen LogP contribution in [0, 0.1) is 0 Å². The van der Waals surface area contributed by atoms with Gasteiger partial charge in [-0.05, 0) is 109 Å². The largest absolute Gasteiger partial charge is 0.309 e. The van der Waals surface area contributed by atoms with Gasteiger partial charge in [-0.25, -0.2) is 0 Å². The number of hydrogen-bond acceptors (Lipinski definition) is 0. The molecule has 0 radical (unpaired) electrons. The van der Waals surface area contributed by atoms with Crippen LogP contribution in [0.2, 0.25) is 0 Å². The van der Waals surface area contributed by atoms with Gasteiger partial charge >= 0.3 is 0 Å². The molecule has 0 aliphatic rings. The van der Waals surface area contributed by atoms with Crippen molar-refractivity contribution in [3.05, 3.63) is 206 Å². The van der Waals surface area contributed by atoms with Gasteiger partial charge in [-0.2, -0.15) is 0 Å². The molecular weight excluding hydrogens is 677 g/mol. The standard InChI is InChI=1S/C54H34N2/c1-2-15-36(16-3-1)53-47-33-39(55-49-22-10-6-18-41(49)42-19-7-11-23-50(42)55)28-30-45(47)54(38-27-26-35-14-4-5-17-37(35)32-38)46-31-29-40(34-48(46)53)56-51-24-12-8-20-43(51)44-21-9-13-25-52(44)56/h1-34H. The zero-order chi connectivity index (χ0) is 36.7. The molecule has 0 saturated heterocycles. The van der Waals surface area contributed by atoms with Crippen LogP contribution in [-0.2, 0) is 0 Å². The van der Waals surface area contributed by atoms with Crippen molar-refractivity contribution in [3.63, 3.8) is 0 Å². The summed E-state index contributed by atoms with van der Waals surface area (Å²) in [4.78, 5) is 0. The highest BCUT2D eigenvalue weighted by Gasteiger charge is 2.21. The molecule has 10 aromatic carbocycles. The van der Waals surface area contributed by atoms with Crippen LogP contribution in [-0.4, -0.2) is 9.13 Å². The third-order valence-corrected chi connectivity index (χ3v) is 11.9. The second-order valence-electron chi connectivity index (χ2n) is 14.9. The summed E-state index contributed by atoms with van der Waals surface area (Å²) < 4.78 is 4.88. The van der Waals surface area contributed by atoms with Gasteiger partial charge in [0, 0.05) is 32.9 Å². The van der Waals surface area contributed by atoms with Gasteiger partial charge in [-0.15, -0.1) is 0 Å². The van der Waals surface area contributed by atoms with E-state index in [-0.39, 0.29) is 0 Å². The molecule has 0 aliphatic heterocycles. The van der Waals surface area contributed by atoms with Crippen molar-refractivity contribution in [1.29, 1.82) is 0 Å². The lowest BCUT2D eigenvalue weighted by molar-refractivity contribution is 1.18. The zero-order valence-corrected chi connectivity index (χ0v) is 30.5. The van der Waals surface area contributed by atoms with Crippen LogP contribution in [0.4, 0.5) is 0 Å². The first kappa shape index (κ1) is 31.0. The predicted molar refractivity (Wildman–Crippen MR) is 239 cm³/mol. The average molecular weight is 711 g/mol. The van der Waals surface area contributed by atoms with E-state index in [0.717, 1.165) is 11.4 Å². The topological polar surface area (TPSA) is 9.86 Å². The van der Waals surface area contributed by atoms with E-state index < -0.39 is 0 Å². The molecule has 0 amide bonds. The van der Waals surface area contributed by atoms with E-state index in [1.165, 1.54) is 98.2 Å². The molecule has 0 fully saturated rings. The van der Waals surface area contributed by atoms with Crippen LogP contribution in [0.15, 0.2) is 206 Å². The fourth-order valence-corrected chi connectivity index (χ4v) is 9.46. The summed E-state index contributed by atoms with van der Waals surface area (Å²) >= 11 is 0. The van der Waals surface area contributed by atoms with Crippen LogP contribution < -0.4 is 0 Å². The van der Waals surface area contributed by atoms with Gasteiger partial charge in [-0.3, -0.25) is 0 Å². The van der Waals surface area contributed by atoms with E-state index in [2.05, 4.69) is 215 Å². The Hall–Kier alpha value is -7.42. The number of para-hydroxylation sites is 4. The van der Waals surface area contributed by atoms with Gasteiger partial charge in [0.1, 0.15) is 0 Å². The maximum atomic E-state index is 2.44. The summed E-state index contributed by atoms with van der Waals surface area (Å²) in [7, 11) is 0. The second kappa shape index (κ2) is 12.0. The number of rotatable bonds is 4. The van der Waals surface area contributed by atoms with Gasteiger partial charge in [0.25, 0.3) is 0 Å². The molecule has 0 atom stereocenters. The maximum absolute atomic E-state index is 2.44. The van der Waals surface area contributed by atoms with Crippen molar-refractivity contribution in [2.45, 2.75) is 0 Å². The highest BCUT2D eigenvalue weighted by molar-refractivity contribution is 6.23. The molecule has 2 heteroatoms. The maximum Gasteiger partial charge on any atom is 0.0541 e. The molecule has 0 aliphatic carbocycles. The van der Waals surface area contributed by atoms with Gasteiger partial charge < -0.3 is 9.13 Å². The fraction of sp³-hybridized carbons (Fsp3) is 0. The Bertz CT molecular complexity index is 3250. The third-order valence-electron chi connectivity index (χ3n) is 11.9. The van der Waals surface area contributed by atoms with Gasteiger partial charge in [0.2, 0.25) is 0 Å². The van der Waals surface area contributed by atoms with Gasteiger partial charge in [-0.1, -0.05) is 152 Å². The first-order valence-corrected chi connectivity index (χ1v) is 19.4. The summed E-state index contributed by atoms with van der Waals surface area (Å²) in [5.41, 5.74) is 12.0. The molecule has 2 heterocycles. The van der Waals surface area contributed by atoms with E-state index in [0.29, 0.717) is 0 Å². The molecule has 12 rings (SSSR count).